The number of amides is 1. The Morgan fingerprint density at radius 2 is 1.74 bits per heavy atom. The molecule has 2 aromatic carbocycles. The van der Waals surface area contributed by atoms with Gasteiger partial charge in [0.05, 0.1) is 16.9 Å². The average Bonchev–Trinajstić information content (AvgIpc) is 3.16. The first-order valence-electron chi connectivity index (χ1n) is 9.45. The number of alkyl halides is 3. The third-order valence-electron chi connectivity index (χ3n) is 5.16. The van der Waals surface area contributed by atoms with Gasteiger partial charge in [0.15, 0.2) is 5.58 Å². The number of hydrogen-bond acceptors (Lipinski definition) is 5. The third-order valence-corrected chi connectivity index (χ3v) is 7.06. The maximum atomic E-state index is 12.9. The molecule has 0 radical (unpaired) electrons. The van der Waals surface area contributed by atoms with E-state index in [4.69, 9.17) is 4.52 Å². The number of para-hydroxylation sites is 1. The molecule has 0 saturated carbocycles. The maximum Gasteiger partial charge on any atom is 0.416 e. The molecule has 0 aliphatic carbocycles. The van der Waals surface area contributed by atoms with Crippen LogP contribution in [0.2, 0.25) is 0 Å². The predicted octanol–water partition coefficient (Wildman–Crippen LogP) is 2.92. The molecule has 0 unspecified atom stereocenters. The molecule has 4 rings (SSSR count). The van der Waals surface area contributed by atoms with E-state index in [0.29, 0.717) is 17.3 Å². The number of carbonyl (C=O) groups is 1. The standard InChI is InChI=1S/C20H18F3N3O4S/c21-20(22,23)14-4-3-5-15(12-14)31(28,29)26-10-8-25(9-11-26)19(27)13-17-16-6-1-2-7-18(16)30-24-17/h1-7,12H,8-11,13H2. The molecule has 1 aliphatic rings. The molecule has 1 amide bonds. The second-order valence-corrected chi connectivity index (χ2v) is 9.05. The third kappa shape index (κ3) is 4.28. The fraction of sp³-hybridized carbons (Fsp3) is 0.300. The molecule has 1 aliphatic heterocycles. The highest BCUT2D eigenvalue weighted by Gasteiger charge is 2.34. The molecule has 2 heterocycles. The van der Waals surface area contributed by atoms with Crippen LogP contribution < -0.4 is 0 Å². The summed E-state index contributed by atoms with van der Waals surface area (Å²) in [5.74, 6) is -0.227. The fourth-order valence-electron chi connectivity index (χ4n) is 3.48. The van der Waals surface area contributed by atoms with Crippen molar-refractivity contribution in [2.75, 3.05) is 26.2 Å². The molecule has 0 N–H and O–H groups in total. The van der Waals surface area contributed by atoms with Gasteiger partial charge in [-0.1, -0.05) is 23.4 Å². The molecule has 7 nitrogen and oxygen atoms in total. The minimum Gasteiger partial charge on any atom is -0.356 e. The number of sulfonamides is 1. The van der Waals surface area contributed by atoms with Crippen LogP contribution in [-0.2, 0) is 27.4 Å². The summed E-state index contributed by atoms with van der Waals surface area (Å²) in [6.45, 7) is 0.243. The Kier molecular flexibility index (Phi) is 5.48. The number of carbonyl (C=O) groups excluding carboxylic acids is 1. The quantitative estimate of drug-likeness (QED) is 0.607. The van der Waals surface area contributed by atoms with Crippen molar-refractivity contribution in [3.63, 3.8) is 0 Å². The zero-order valence-electron chi connectivity index (χ0n) is 16.2. The predicted molar refractivity (Wildman–Crippen MR) is 104 cm³/mol. The van der Waals surface area contributed by atoms with Gasteiger partial charge in [-0.3, -0.25) is 4.79 Å². The second kappa shape index (κ2) is 7.97. The van der Waals surface area contributed by atoms with E-state index in [1.54, 1.807) is 18.2 Å². The van der Waals surface area contributed by atoms with Crippen molar-refractivity contribution in [3.05, 3.63) is 59.8 Å². The lowest BCUT2D eigenvalue weighted by Gasteiger charge is -2.34. The molecular formula is C20H18F3N3O4S. The van der Waals surface area contributed by atoms with Crippen molar-refractivity contribution in [2.24, 2.45) is 0 Å². The lowest BCUT2D eigenvalue weighted by atomic mass is 10.1. The molecule has 0 atom stereocenters. The first-order chi connectivity index (χ1) is 14.7. The Morgan fingerprint density at radius 1 is 1.03 bits per heavy atom. The van der Waals surface area contributed by atoms with Gasteiger partial charge in [0, 0.05) is 31.6 Å². The molecule has 1 saturated heterocycles. The Hall–Kier alpha value is -2.92. The minimum atomic E-state index is -4.64. The highest BCUT2D eigenvalue weighted by Crippen LogP contribution is 2.31. The lowest BCUT2D eigenvalue weighted by Crippen LogP contribution is -2.50. The largest absolute Gasteiger partial charge is 0.416 e. The van der Waals surface area contributed by atoms with Gasteiger partial charge in [0.25, 0.3) is 0 Å². The van der Waals surface area contributed by atoms with Crippen LogP contribution in [0.1, 0.15) is 11.3 Å². The van der Waals surface area contributed by atoms with Crippen molar-refractivity contribution in [1.82, 2.24) is 14.4 Å². The zero-order chi connectivity index (χ0) is 22.2. The second-order valence-electron chi connectivity index (χ2n) is 7.11. The molecule has 0 bridgehead atoms. The number of piperazine rings is 1. The maximum absolute atomic E-state index is 12.9. The Balaban J connectivity index is 1.43. The summed E-state index contributed by atoms with van der Waals surface area (Å²) in [5.41, 5.74) is 0.0455. The molecular weight excluding hydrogens is 435 g/mol. The van der Waals surface area contributed by atoms with Crippen molar-refractivity contribution in [1.29, 1.82) is 0 Å². The summed E-state index contributed by atoms with van der Waals surface area (Å²) in [4.78, 5) is 13.7. The Bertz CT molecular complexity index is 1220. The van der Waals surface area contributed by atoms with E-state index >= 15 is 0 Å². The van der Waals surface area contributed by atoms with Crippen LogP contribution in [-0.4, -0.2) is 54.9 Å². The van der Waals surface area contributed by atoms with E-state index in [2.05, 4.69) is 5.16 Å². The lowest BCUT2D eigenvalue weighted by molar-refractivity contribution is -0.137. The smallest absolute Gasteiger partial charge is 0.356 e. The Labute approximate surface area is 176 Å². The highest BCUT2D eigenvalue weighted by atomic mass is 32.2. The van der Waals surface area contributed by atoms with E-state index in [-0.39, 0.29) is 38.5 Å². The van der Waals surface area contributed by atoms with Crippen LogP contribution in [0.3, 0.4) is 0 Å². The van der Waals surface area contributed by atoms with Crippen molar-refractivity contribution in [3.8, 4) is 0 Å². The van der Waals surface area contributed by atoms with Gasteiger partial charge in [-0.25, -0.2) is 8.42 Å². The first kappa shape index (κ1) is 21.3. The molecule has 11 heteroatoms. The van der Waals surface area contributed by atoms with Gasteiger partial charge in [-0.15, -0.1) is 0 Å². The minimum absolute atomic E-state index is 0.0100. The van der Waals surface area contributed by atoms with Crippen LogP contribution in [0.15, 0.2) is 57.9 Å². The van der Waals surface area contributed by atoms with E-state index in [1.165, 1.54) is 4.90 Å². The number of halogens is 3. The molecule has 3 aromatic rings. The molecule has 0 spiro atoms. The normalized spacial score (nSPS) is 16.0. The van der Waals surface area contributed by atoms with Gasteiger partial charge in [0.1, 0.15) is 5.69 Å². The Morgan fingerprint density at radius 3 is 2.45 bits per heavy atom. The van der Waals surface area contributed by atoms with E-state index in [9.17, 15) is 26.4 Å². The highest BCUT2D eigenvalue weighted by molar-refractivity contribution is 7.89. The monoisotopic (exact) mass is 453 g/mol. The molecule has 31 heavy (non-hydrogen) atoms. The van der Waals surface area contributed by atoms with Crippen molar-refractivity contribution in [2.45, 2.75) is 17.5 Å². The number of fused-ring (bicyclic) bond motifs is 1. The summed E-state index contributed by atoms with van der Waals surface area (Å²) in [6, 6.07) is 10.8. The van der Waals surface area contributed by atoms with Crippen LogP contribution in [0.4, 0.5) is 13.2 Å². The number of aromatic nitrogens is 1. The summed E-state index contributed by atoms with van der Waals surface area (Å²) in [6.07, 6.45) is -4.63. The molecule has 1 aromatic heterocycles. The summed E-state index contributed by atoms with van der Waals surface area (Å²) >= 11 is 0. The van der Waals surface area contributed by atoms with E-state index in [1.807, 2.05) is 6.07 Å². The van der Waals surface area contributed by atoms with E-state index in [0.717, 1.165) is 27.9 Å². The van der Waals surface area contributed by atoms with Crippen molar-refractivity contribution >= 4 is 26.9 Å². The zero-order valence-corrected chi connectivity index (χ0v) is 17.0. The summed E-state index contributed by atoms with van der Waals surface area (Å²) in [7, 11) is -4.10. The molecule has 1 fully saturated rings. The number of hydrogen-bond donors (Lipinski definition) is 0. The number of rotatable bonds is 4. The van der Waals surface area contributed by atoms with Crippen LogP contribution >= 0.6 is 0 Å². The number of benzene rings is 2. The summed E-state index contributed by atoms with van der Waals surface area (Å²) in [5, 5.41) is 4.67. The van der Waals surface area contributed by atoms with Gasteiger partial charge < -0.3 is 9.42 Å². The van der Waals surface area contributed by atoms with Gasteiger partial charge >= 0.3 is 6.18 Å². The topological polar surface area (TPSA) is 83.7 Å². The molecule has 164 valence electrons. The fourth-order valence-corrected chi connectivity index (χ4v) is 4.95. The van der Waals surface area contributed by atoms with Crippen molar-refractivity contribution < 1.29 is 30.9 Å². The summed E-state index contributed by atoms with van der Waals surface area (Å²) < 4.78 is 70.6. The average molecular weight is 453 g/mol. The van der Waals surface area contributed by atoms with E-state index < -0.39 is 26.7 Å². The number of nitrogens with zero attached hydrogens (tertiary/aromatic N) is 3. The van der Waals surface area contributed by atoms with Gasteiger partial charge in [0.2, 0.25) is 15.9 Å². The first-order valence-corrected chi connectivity index (χ1v) is 10.9. The van der Waals surface area contributed by atoms with Gasteiger partial charge in [-0.2, -0.15) is 17.5 Å². The SMILES string of the molecule is O=C(Cc1noc2ccccc12)N1CCN(S(=O)(=O)c2cccc(C(F)(F)F)c2)CC1. The van der Waals surface area contributed by atoms with Crippen LogP contribution in [0.5, 0.6) is 0 Å². The van der Waals surface area contributed by atoms with Gasteiger partial charge in [-0.05, 0) is 30.3 Å². The van der Waals surface area contributed by atoms with Crippen LogP contribution in [0, 0.1) is 0 Å². The van der Waals surface area contributed by atoms with Crippen LogP contribution in [0.25, 0.3) is 11.0 Å².